The summed E-state index contributed by atoms with van der Waals surface area (Å²) in [4.78, 5) is 11.7. The molecule has 0 saturated carbocycles. The summed E-state index contributed by atoms with van der Waals surface area (Å²) in [5.41, 5.74) is 0.0866. The predicted octanol–water partition coefficient (Wildman–Crippen LogP) is 1.05. The highest BCUT2D eigenvalue weighted by atomic mass is 35.7. The first-order chi connectivity index (χ1) is 9.31. The summed E-state index contributed by atoms with van der Waals surface area (Å²) in [7, 11) is 1.31. The number of nitrogens with zero attached hydrogens (tertiary/aromatic N) is 1. The fraction of sp³-hybridized carbons (Fsp3) is 0.636. The number of hydrogen-bond acceptors (Lipinski definition) is 5. The van der Waals surface area contributed by atoms with Gasteiger partial charge in [0.1, 0.15) is 4.90 Å². The Morgan fingerprint density at radius 3 is 2.65 bits per heavy atom. The van der Waals surface area contributed by atoms with Gasteiger partial charge in [0.05, 0.1) is 11.8 Å². The zero-order valence-corrected chi connectivity index (χ0v) is 13.1. The number of nitrogens with one attached hydrogen (secondary N) is 2. The van der Waals surface area contributed by atoms with E-state index in [0.29, 0.717) is 18.7 Å². The molecule has 0 bridgehead atoms. The first-order valence-electron chi connectivity index (χ1n) is 6.22. The van der Waals surface area contributed by atoms with Gasteiger partial charge in [-0.3, -0.25) is 9.89 Å². The van der Waals surface area contributed by atoms with E-state index in [0.717, 1.165) is 0 Å². The fourth-order valence-electron chi connectivity index (χ4n) is 1.69. The van der Waals surface area contributed by atoms with Gasteiger partial charge >= 0.3 is 0 Å². The molecular weight excluding hydrogens is 306 g/mol. The number of ether oxygens (including phenoxy) is 1. The molecule has 0 fully saturated rings. The summed E-state index contributed by atoms with van der Waals surface area (Å²) >= 11 is 0. The van der Waals surface area contributed by atoms with Crippen LogP contribution in [0.1, 0.15) is 37.0 Å². The van der Waals surface area contributed by atoms with Crippen molar-refractivity contribution in [3.63, 3.8) is 0 Å². The molecule has 0 radical (unpaired) electrons. The van der Waals surface area contributed by atoms with Crippen LogP contribution in [-0.2, 0) is 20.2 Å². The summed E-state index contributed by atoms with van der Waals surface area (Å²) in [5.74, 6) is -0.605. The second-order valence-corrected chi connectivity index (χ2v) is 6.65. The lowest BCUT2D eigenvalue weighted by atomic mass is 10.3. The van der Waals surface area contributed by atoms with Crippen LogP contribution in [-0.4, -0.2) is 43.8 Å². The summed E-state index contributed by atoms with van der Waals surface area (Å²) in [6.07, 6.45) is 0.196. The van der Waals surface area contributed by atoms with Gasteiger partial charge in [0.15, 0.2) is 5.69 Å². The molecule has 0 aromatic carbocycles. The van der Waals surface area contributed by atoms with Crippen molar-refractivity contribution >= 4 is 25.6 Å². The first-order valence-corrected chi connectivity index (χ1v) is 8.53. The molecule has 1 rings (SSSR count). The minimum Gasteiger partial charge on any atom is -0.377 e. The first kappa shape index (κ1) is 16.9. The van der Waals surface area contributed by atoms with Crippen LogP contribution in [0.5, 0.6) is 0 Å². The molecule has 0 aliphatic rings. The number of aryl methyl sites for hydroxylation is 1. The van der Waals surface area contributed by atoms with E-state index in [-0.39, 0.29) is 23.2 Å². The van der Waals surface area contributed by atoms with Crippen LogP contribution in [0.15, 0.2) is 4.90 Å². The minimum absolute atomic E-state index is 0.176. The summed E-state index contributed by atoms with van der Waals surface area (Å²) in [6, 6.07) is 0. The van der Waals surface area contributed by atoms with Crippen molar-refractivity contribution in [1.82, 2.24) is 15.5 Å². The van der Waals surface area contributed by atoms with E-state index < -0.39 is 15.0 Å². The van der Waals surface area contributed by atoms with Crippen molar-refractivity contribution in [1.29, 1.82) is 0 Å². The van der Waals surface area contributed by atoms with E-state index in [9.17, 15) is 13.2 Å². The zero-order valence-electron chi connectivity index (χ0n) is 11.6. The van der Waals surface area contributed by atoms with Gasteiger partial charge in [-0.1, -0.05) is 6.92 Å². The average molecular weight is 324 g/mol. The summed E-state index contributed by atoms with van der Waals surface area (Å²) in [6.45, 7) is 6.16. The normalized spacial score (nSPS) is 13.2. The number of carbonyl (C=O) groups excluding carboxylic acids is 1. The van der Waals surface area contributed by atoms with E-state index >= 15 is 0 Å². The molecule has 0 saturated heterocycles. The Balaban J connectivity index is 2.92. The van der Waals surface area contributed by atoms with Crippen molar-refractivity contribution in [2.45, 2.75) is 38.2 Å². The van der Waals surface area contributed by atoms with Crippen LogP contribution >= 0.6 is 10.7 Å². The molecule has 1 aromatic rings. The van der Waals surface area contributed by atoms with Crippen molar-refractivity contribution < 1.29 is 17.9 Å². The van der Waals surface area contributed by atoms with Crippen LogP contribution in [0.4, 0.5) is 0 Å². The highest BCUT2D eigenvalue weighted by Crippen LogP contribution is 2.22. The van der Waals surface area contributed by atoms with E-state index in [4.69, 9.17) is 15.4 Å². The maximum absolute atomic E-state index is 12.0. The molecule has 7 nitrogen and oxygen atoms in total. The smallest absolute Gasteiger partial charge is 0.273 e. The lowest BCUT2D eigenvalue weighted by Crippen LogP contribution is -2.33. The molecule has 0 aliphatic carbocycles. The van der Waals surface area contributed by atoms with Gasteiger partial charge < -0.3 is 10.1 Å². The Hall–Kier alpha value is -1.12. The topological polar surface area (TPSA) is 101 Å². The van der Waals surface area contributed by atoms with E-state index in [2.05, 4.69) is 15.5 Å². The second-order valence-electron chi connectivity index (χ2n) is 4.15. The maximum Gasteiger partial charge on any atom is 0.273 e. The Morgan fingerprint density at radius 1 is 1.50 bits per heavy atom. The SMILES string of the molecule is CCOC(C)CNC(=O)c1n[nH]c(CC)c1S(=O)(=O)Cl. The highest BCUT2D eigenvalue weighted by Gasteiger charge is 2.27. The van der Waals surface area contributed by atoms with E-state index in [1.165, 1.54) is 0 Å². The van der Waals surface area contributed by atoms with Crippen molar-refractivity contribution in [3.05, 3.63) is 11.4 Å². The van der Waals surface area contributed by atoms with Crippen LogP contribution in [0.2, 0.25) is 0 Å². The lowest BCUT2D eigenvalue weighted by molar-refractivity contribution is 0.0692. The highest BCUT2D eigenvalue weighted by molar-refractivity contribution is 8.13. The summed E-state index contributed by atoms with van der Waals surface area (Å²) < 4.78 is 28.3. The predicted molar refractivity (Wildman–Crippen MR) is 74.4 cm³/mol. The third-order valence-corrected chi connectivity index (χ3v) is 4.00. The van der Waals surface area contributed by atoms with Crippen LogP contribution in [0.3, 0.4) is 0 Å². The Bertz CT molecular complexity index is 570. The van der Waals surface area contributed by atoms with Gasteiger partial charge in [-0.25, -0.2) is 8.42 Å². The average Bonchev–Trinajstić information content (AvgIpc) is 2.80. The molecule has 1 unspecified atom stereocenters. The van der Waals surface area contributed by atoms with Gasteiger partial charge in [0.2, 0.25) is 0 Å². The van der Waals surface area contributed by atoms with Crippen molar-refractivity contribution in [2.75, 3.05) is 13.2 Å². The molecule has 114 valence electrons. The van der Waals surface area contributed by atoms with Crippen molar-refractivity contribution in [2.24, 2.45) is 0 Å². The van der Waals surface area contributed by atoms with Crippen molar-refractivity contribution in [3.8, 4) is 0 Å². The molecule has 2 N–H and O–H groups in total. The quantitative estimate of drug-likeness (QED) is 0.730. The summed E-state index contributed by atoms with van der Waals surface area (Å²) in [5, 5.41) is 8.82. The molecular formula is C11H18ClN3O4S. The molecule has 1 atom stereocenters. The Labute approximate surface area is 122 Å². The third kappa shape index (κ3) is 4.19. The van der Waals surface area contributed by atoms with Gasteiger partial charge in [-0.05, 0) is 20.3 Å². The van der Waals surface area contributed by atoms with Crippen LogP contribution < -0.4 is 5.32 Å². The number of aromatic nitrogens is 2. The molecule has 0 aliphatic heterocycles. The molecule has 0 spiro atoms. The van der Waals surface area contributed by atoms with Crippen LogP contribution in [0.25, 0.3) is 0 Å². The Morgan fingerprint density at radius 2 is 2.15 bits per heavy atom. The minimum atomic E-state index is -4.04. The number of carbonyl (C=O) groups is 1. The lowest BCUT2D eigenvalue weighted by Gasteiger charge is -2.12. The van der Waals surface area contributed by atoms with Crippen LogP contribution in [0, 0.1) is 0 Å². The largest absolute Gasteiger partial charge is 0.377 e. The third-order valence-electron chi connectivity index (χ3n) is 2.61. The number of amides is 1. The number of halogens is 1. The zero-order chi connectivity index (χ0) is 15.3. The van der Waals surface area contributed by atoms with Gasteiger partial charge in [0, 0.05) is 23.8 Å². The van der Waals surface area contributed by atoms with Gasteiger partial charge in [-0.15, -0.1) is 0 Å². The second kappa shape index (κ2) is 7.05. The monoisotopic (exact) mass is 323 g/mol. The van der Waals surface area contributed by atoms with Gasteiger partial charge in [0.25, 0.3) is 15.0 Å². The van der Waals surface area contributed by atoms with E-state index in [1.54, 1.807) is 13.8 Å². The molecule has 1 aromatic heterocycles. The Kier molecular flexibility index (Phi) is 5.97. The molecule has 1 amide bonds. The molecule has 20 heavy (non-hydrogen) atoms. The standard InChI is InChI=1S/C11H18ClN3O4S/c1-4-8-10(20(12,17)18)9(15-14-8)11(16)13-6-7(3)19-5-2/h7H,4-6H2,1-3H3,(H,13,16)(H,14,15). The number of aromatic amines is 1. The molecule has 9 heteroatoms. The number of hydrogen-bond donors (Lipinski definition) is 2. The fourth-order valence-corrected chi connectivity index (χ4v) is 3.04. The van der Waals surface area contributed by atoms with Gasteiger partial charge in [-0.2, -0.15) is 5.10 Å². The van der Waals surface area contributed by atoms with E-state index in [1.807, 2.05) is 6.92 Å². The maximum atomic E-state index is 12.0. The number of H-pyrrole nitrogens is 1. The molecule has 1 heterocycles. The number of rotatable bonds is 7.